The van der Waals surface area contributed by atoms with E-state index >= 15 is 0 Å². The number of nitrogens with one attached hydrogen (secondary N) is 1. The van der Waals surface area contributed by atoms with Gasteiger partial charge in [-0.05, 0) is 50.1 Å². The van der Waals surface area contributed by atoms with Crippen molar-refractivity contribution >= 4 is 27.5 Å². The van der Waals surface area contributed by atoms with E-state index in [-0.39, 0.29) is 12.5 Å². The Morgan fingerprint density at radius 1 is 1.06 bits per heavy atom. The molecule has 0 spiro atoms. The minimum absolute atomic E-state index is 0.0331. The number of hydrogen-bond acceptors (Lipinski definition) is 4. The lowest BCUT2D eigenvalue weighted by atomic mass is 10.1. The van der Waals surface area contributed by atoms with Gasteiger partial charge in [-0.3, -0.25) is 13.9 Å². The Morgan fingerprint density at radius 2 is 1.66 bits per heavy atom. The number of benzene rings is 2. The molecule has 0 radical (unpaired) electrons. The second-order valence-corrected chi connectivity index (χ2v) is 9.63. The lowest BCUT2D eigenvalue weighted by molar-refractivity contribution is -0.139. The summed E-state index contributed by atoms with van der Waals surface area (Å²) in [7, 11) is -3.76. The summed E-state index contributed by atoms with van der Waals surface area (Å²) in [5.41, 5.74) is 1.93. The molecular formula is C23H30FN3O4S. The van der Waals surface area contributed by atoms with Crippen LogP contribution < -0.4 is 9.62 Å². The second-order valence-electron chi connectivity index (χ2n) is 7.72. The zero-order valence-electron chi connectivity index (χ0n) is 18.8. The standard InChI is InChI=1S/C23H30FN3O4S/c1-5-14-25-23(29)18(3)26(15-19-8-10-20(24)11-9-19)22(28)16-27(32(4,30)31)21-12-6-17(2)7-13-21/h6-13,18H,5,14-16H2,1-4H3,(H,25,29)/t18-/m1/s1. The number of amides is 2. The van der Waals surface area contributed by atoms with Crippen LogP contribution in [0.3, 0.4) is 0 Å². The van der Waals surface area contributed by atoms with Crippen molar-refractivity contribution < 1.29 is 22.4 Å². The molecule has 1 N–H and O–H groups in total. The number of carbonyl (C=O) groups excluding carboxylic acids is 2. The summed E-state index contributed by atoms with van der Waals surface area (Å²) in [4.78, 5) is 27.2. The average molecular weight is 464 g/mol. The fourth-order valence-corrected chi connectivity index (χ4v) is 3.94. The maximum Gasteiger partial charge on any atom is 0.244 e. The Bertz CT molecular complexity index is 1020. The number of nitrogens with zero attached hydrogens (tertiary/aromatic N) is 2. The Hall–Kier alpha value is -2.94. The Kier molecular flexibility index (Phi) is 8.77. The van der Waals surface area contributed by atoms with Gasteiger partial charge in [0.15, 0.2) is 0 Å². The van der Waals surface area contributed by atoms with Crippen molar-refractivity contribution in [2.75, 3.05) is 23.7 Å². The van der Waals surface area contributed by atoms with Crippen molar-refractivity contribution in [1.82, 2.24) is 10.2 Å². The van der Waals surface area contributed by atoms with Gasteiger partial charge >= 0.3 is 0 Å². The van der Waals surface area contributed by atoms with Crippen LogP contribution in [-0.2, 0) is 26.2 Å². The molecular weight excluding hydrogens is 433 g/mol. The Balaban J connectivity index is 2.34. The van der Waals surface area contributed by atoms with E-state index < -0.39 is 34.3 Å². The van der Waals surface area contributed by atoms with Gasteiger partial charge in [0.1, 0.15) is 18.4 Å². The molecule has 1 atom stereocenters. The number of anilines is 1. The quantitative estimate of drug-likeness (QED) is 0.587. The fraction of sp³-hybridized carbons (Fsp3) is 0.391. The number of aryl methyl sites for hydroxylation is 1. The first-order valence-corrected chi connectivity index (χ1v) is 12.2. The highest BCUT2D eigenvalue weighted by Gasteiger charge is 2.29. The van der Waals surface area contributed by atoms with E-state index in [2.05, 4.69) is 5.32 Å². The third-order valence-corrected chi connectivity index (χ3v) is 6.12. The number of rotatable bonds is 10. The smallest absolute Gasteiger partial charge is 0.244 e. The van der Waals surface area contributed by atoms with Gasteiger partial charge in [-0.1, -0.05) is 36.8 Å². The third-order valence-electron chi connectivity index (χ3n) is 4.98. The molecule has 0 fully saturated rings. The van der Waals surface area contributed by atoms with E-state index in [1.807, 2.05) is 13.8 Å². The monoisotopic (exact) mass is 463 g/mol. The molecule has 32 heavy (non-hydrogen) atoms. The molecule has 2 aromatic rings. The topological polar surface area (TPSA) is 86.8 Å². The van der Waals surface area contributed by atoms with Crippen LogP contribution in [0.1, 0.15) is 31.4 Å². The summed E-state index contributed by atoms with van der Waals surface area (Å²) in [6.45, 7) is 5.40. The van der Waals surface area contributed by atoms with Crippen molar-refractivity contribution in [3.05, 3.63) is 65.5 Å². The van der Waals surface area contributed by atoms with Gasteiger partial charge in [0, 0.05) is 13.1 Å². The SMILES string of the molecule is CCCNC(=O)[C@@H](C)N(Cc1ccc(F)cc1)C(=O)CN(c1ccc(C)cc1)S(C)(=O)=O. The van der Waals surface area contributed by atoms with Crippen LogP contribution in [-0.4, -0.2) is 50.5 Å². The molecule has 7 nitrogen and oxygen atoms in total. The first kappa shape index (κ1) is 25.3. The normalized spacial score (nSPS) is 12.2. The van der Waals surface area contributed by atoms with Crippen LogP contribution in [0.25, 0.3) is 0 Å². The van der Waals surface area contributed by atoms with Crippen molar-refractivity contribution in [3.8, 4) is 0 Å². The molecule has 0 aliphatic carbocycles. The summed E-state index contributed by atoms with van der Waals surface area (Å²) in [5.74, 6) is -1.30. The molecule has 0 saturated heterocycles. The molecule has 2 amide bonds. The largest absolute Gasteiger partial charge is 0.354 e. The van der Waals surface area contributed by atoms with Crippen molar-refractivity contribution in [2.45, 2.75) is 39.8 Å². The van der Waals surface area contributed by atoms with Gasteiger partial charge in [0.05, 0.1) is 11.9 Å². The van der Waals surface area contributed by atoms with E-state index in [1.54, 1.807) is 31.2 Å². The summed E-state index contributed by atoms with van der Waals surface area (Å²) in [6, 6.07) is 11.5. The minimum Gasteiger partial charge on any atom is -0.354 e. The van der Waals surface area contributed by atoms with E-state index in [1.165, 1.54) is 29.2 Å². The second kappa shape index (κ2) is 11.1. The van der Waals surface area contributed by atoms with Crippen molar-refractivity contribution in [1.29, 1.82) is 0 Å². The molecule has 9 heteroatoms. The van der Waals surface area contributed by atoms with Crippen LogP contribution in [0.5, 0.6) is 0 Å². The maximum absolute atomic E-state index is 13.3. The lowest BCUT2D eigenvalue weighted by Gasteiger charge is -2.31. The van der Waals surface area contributed by atoms with Gasteiger partial charge < -0.3 is 10.2 Å². The van der Waals surface area contributed by atoms with E-state index in [0.29, 0.717) is 17.8 Å². The van der Waals surface area contributed by atoms with Gasteiger partial charge in [-0.15, -0.1) is 0 Å². The average Bonchev–Trinajstić information content (AvgIpc) is 2.74. The number of halogens is 1. The zero-order chi connectivity index (χ0) is 23.9. The molecule has 2 rings (SSSR count). The van der Waals surface area contributed by atoms with Crippen LogP contribution in [0.2, 0.25) is 0 Å². The van der Waals surface area contributed by atoms with E-state index in [9.17, 15) is 22.4 Å². The molecule has 0 bridgehead atoms. The number of carbonyl (C=O) groups is 2. The molecule has 0 aromatic heterocycles. The summed E-state index contributed by atoms with van der Waals surface area (Å²) in [5, 5.41) is 2.76. The highest BCUT2D eigenvalue weighted by molar-refractivity contribution is 7.92. The third kappa shape index (κ3) is 7.05. The molecule has 0 unspecified atom stereocenters. The van der Waals surface area contributed by atoms with Gasteiger partial charge in [0.2, 0.25) is 21.8 Å². The zero-order valence-corrected chi connectivity index (χ0v) is 19.7. The Labute approximate surface area is 189 Å². The van der Waals surface area contributed by atoms with Crippen LogP contribution in [0.15, 0.2) is 48.5 Å². The van der Waals surface area contributed by atoms with Crippen LogP contribution in [0.4, 0.5) is 10.1 Å². The highest BCUT2D eigenvalue weighted by atomic mass is 32.2. The summed E-state index contributed by atoms with van der Waals surface area (Å²) < 4.78 is 39.2. The van der Waals surface area contributed by atoms with Crippen molar-refractivity contribution in [2.24, 2.45) is 0 Å². The Morgan fingerprint density at radius 3 is 2.19 bits per heavy atom. The van der Waals surface area contributed by atoms with E-state index in [4.69, 9.17) is 0 Å². The highest BCUT2D eigenvalue weighted by Crippen LogP contribution is 2.19. The van der Waals surface area contributed by atoms with Crippen LogP contribution in [0, 0.1) is 12.7 Å². The molecule has 0 heterocycles. The van der Waals surface area contributed by atoms with Crippen molar-refractivity contribution in [3.63, 3.8) is 0 Å². The van der Waals surface area contributed by atoms with Crippen LogP contribution >= 0.6 is 0 Å². The number of sulfonamides is 1. The summed E-state index contributed by atoms with van der Waals surface area (Å²) >= 11 is 0. The van der Waals surface area contributed by atoms with E-state index in [0.717, 1.165) is 22.5 Å². The molecule has 0 aliphatic heterocycles. The van der Waals surface area contributed by atoms with Gasteiger partial charge in [-0.25, -0.2) is 12.8 Å². The lowest BCUT2D eigenvalue weighted by Crippen LogP contribution is -2.51. The first-order chi connectivity index (χ1) is 15.0. The fourth-order valence-electron chi connectivity index (χ4n) is 3.09. The van der Waals surface area contributed by atoms with Gasteiger partial charge in [-0.2, -0.15) is 0 Å². The predicted molar refractivity (Wildman–Crippen MR) is 123 cm³/mol. The minimum atomic E-state index is -3.76. The molecule has 0 aliphatic rings. The predicted octanol–water partition coefficient (Wildman–Crippen LogP) is 2.84. The maximum atomic E-state index is 13.3. The molecule has 174 valence electrons. The molecule has 0 saturated carbocycles. The summed E-state index contributed by atoms with van der Waals surface area (Å²) in [6.07, 6.45) is 1.77. The first-order valence-electron chi connectivity index (χ1n) is 10.4. The molecule has 2 aromatic carbocycles. The van der Waals surface area contributed by atoms with Gasteiger partial charge in [0.25, 0.3) is 0 Å². The number of hydrogen-bond donors (Lipinski definition) is 1.